The van der Waals surface area contributed by atoms with Gasteiger partial charge in [0.1, 0.15) is 5.82 Å². The van der Waals surface area contributed by atoms with Gasteiger partial charge in [0.25, 0.3) is 0 Å². The van der Waals surface area contributed by atoms with Crippen LogP contribution < -0.4 is 10.2 Å². The summed E-state index contributed by atoms with van der Waals surface area (Å²) in [7, 11) is 0. The van der Waals surface area contributed by atoms with Crippen molar-refractivity contribution in [1.82, 2.24) is 10.3 Å². The normalized spacial score (nSPS) is 16.0. The molecule has 0 radical (unpaired) electrons. The fourth-order valence-corrected chi connectivity index (χ4v) is 2.57. The van der Waals surface area contributed by atoms with Crippen LogP contribution in [0.1, 0.15) is 58.6 Å². The number of rotatable bonds is 9. The summed E-state index contributed by atoms with van der Waals surface area (Å²) in [5, 5.41) is 4.27. The third-order valence-corrected chi connectivity index (χ3v) is 4.55. The zero-order chi connectivity index (χ0) is 15.2. The summed E-state index contributed by atoms with van der Waals surface area (Å²) in [6, 6.07) is 5.24. The van der Waals surface area contributed by atoms with Crippen LogP contribution in [0.4, 0.5) is 5.82 Å². The number of unbranched alkanes of at least 4 members (excludes halogenated alkanes) is 1. The average Bonchev–Trinajstić information content (AvgIpc) is 3.31. The van der Waals surface area contributed by atoms with Crippen LogP contribution in [0.3, 0.4) is 0 Å². The Hall–Kier alpha value is -0.800. The molecule has 1 aromatic heterocycles. The summed E-state index contributed by atoms with van der Waals surface area (Å²) in [5.41, 5.74) is 0.978. The molecule has 4 heteroatoms. The summed E-state index contributed by atoms with van der Waals surface area (Å²) < 4.78 is 0. The molecule has 0 spiro atoms. The zero-order valence-corrected chi connectivity index (χ0v) is 14.3. The van der Waals surface area contributed by atoms with Gasteiger partial charge in [0.15, 0.2) is 0 Å². The van der Waals surface area contributed by atoms with Gasteiger partial charge in [-0.05, 0) is 44.7 Å². The highest BCUT2D eigenvalue weighted by Gasteiger charge is 2.21. The number of halogens is 1. The highest BCUT2D eigenvalue weighted by molar-refractivity contribution is 6.31. The Morgan fingerprint density at radius 2 is 2.14 bits per heavy atom. The lowest BCUT2D eigenvalue weighted by molar-refractivity contribution is 0.587. The minimum absolute atomic E-state index is 0.509. The molecule has 0 saturated heterocycles. The first-order valence-corrected chi connectivity index (χ1v) is 8.68. The largest absolute Gasteiger partial charge is 0.354 e. The first kappa shape index (κ1) is 16.6. The fraction of sp³-hybridized carbons (Fsp3) is 0.706. The summed E-state index contributed by atoms with van der Waals surface area (Å²) in [6.07, 6.45) is 6.10. The summed E-state index contributed by atoms with van der Waals surface area (Å²) in [4.78, 5) is 7.24. The third kappa shape index (κ3) is 4.86. The molecule has 1 atom stereocenters. The number of anilines is 1. The number of pyridine rings is 1. The van der Waals surface area contributed by atoms with Crippen LogP contribution in [0.25, 0.3) is 0 Å². The number of nitrogens with one attached hydrogen (secondary N) is 1. The molecule has 118 valence electrons. The van der Waals surface area contributed by atoms with Crippen LogP contribution in [0.2, 0.25) is 5.02 Å². The SMILES string of the molecule is CCCCN(c1ccc(Cl)c(CNC2CC2)n1)C(C)CC. The maximum Gasteiger partial charge on any atom is 0.129 e. The molecule has 1 saturated carbocycles. The third-order valence-electron chi connectivity index (χ3n) is 4.21. The van der Waals surface area contributed by atoms with E-state index in [0.29, 0.717) is 12.1 Å². The number of aromatic nitrogens is 1. The fourth-order valence-electron chi connectivity index (χ4n) is 2.39. The molecule has 1 unspecified atom stereocenters. The molecule has 0 bridgehead atoms. The van der Waals surface area contributed by atoms with E-state index in [0.717, 1.165) is 36.0 Å². The van der Waals surface area contributed by atoms with Gasteiger partial charge in [-0.25, -0.2) is 4.98 Å². The molecular formula is C17H28ClN3. The summed E-state index contributed by atoms with van der Waals surface area (Å²) in [6.45, 7) is 8.58. The van der Waals surface area contributed by atoms with Crippen LogP contribution in [-0.4, -0.2) is 23.6 Å². The first-order valence-electron chi connectivity index (χ1n) is 8.31. The second-order valence-corrected chi connectivity index (χ2v) is 6.46. The zero-order valence-electron chi connectivity index (χ0n) is 13.5. The molecule has 1 N–H and O–H groups in total. The van der Waals surface area contributed by atoms with Crippen LogP contribution in [0.15, 0.2) is 12.1 Å². The quantitative estimate of drug-likeness (QED) is 0.733. The van der Waals surface area contributed by atoms with Gasteiger partial charge >= 0.3 is 0 Å². The highest BCUT2D eigenvalue weighted by atomic mass is 35.5. The Balaban J connectivity index is 2.11. The van der Waals surface area contributed by atoms with Crippen LogP contribution >= 0.6 is 11.6 Å². The van der Waals surface area contributed by atoms with Gasteiger partial charge in [-0.1, -0.05) is 31.9 Å². The van der Waals surface area contributed by atoms with Gasteiger partial charge in [-0.15, -0.1) is 0 Å². The van der Waals surface area contributed by atoms with Crippen molar-refractivity contribution in [3.05, 3.63) is 22.8 Å². The molecule has 2 rings (SSSR count). The van der Waals surface area contributed by atoms with Crippen molar-refractivity contribution in [2.24, 2.45) is 0 Å². The van der Waals surface area contributed by atoms with Crippen molar-refractivity contribution < 1.29 is 0 Å². The van der Waals surface area contributed by atoms with E-state index in [1.54, 1.807) is 0 Å². The number of nitrogens with zero attached hydrogens (tertiary/aromatic N) is 2. The van der Waals surface area contributed by atoms with Crippen molar-refractivity contribution in [3.8, 4) is 0 Å². The lowest BCUT2D eigenvalue weighted by Crippen LogP contribution is -2.34. The maximum atomic E-state index is 6.30. The molecule has 1 aliphatic rings. The Bertz CT molecular complexity index is 446. The van der Waals surface area contributed by atoms with Crippen molar-refractivity contribution in [1.29, 1.82) is 0 Å². The van der Waals surface area contributed by atoms with Gasteiger partial charge in [-0.2, -0.15) is 0 Å². The Kier molecular flexibility index (Phi) is 6.31. The monoisotopic (exact) mass is 309 g/mol. The molecule has 1 fully saturated rings. The Morgan fingerprint density at radius 3 is 2.76 bits per heavy atom. The lowest BCUT2D eigenvalue weighted by atomic mass is 10.2. The molecule has 0 aliphatic heterocycles. The molecule has 3 nitrogen and oxygen atoms in total. The van der Waals surface area contributed by atoms with E-state index in [4.69, 9.17) is 16.6 Å². The number of hydrogen-bond acceptors (Lipinski definition) is 3. The minimum Gasteiger partial charge on any atom is -0.354 e. The van der Waals surface area contributed by atoms with E-state index in [9.17, 15) is 0 Å². The van der Waals surface area contributed by atoms with Crippen molar-refractivity contribution in [3.63, 3.8) is 0 Å². The second-order valence-electron chi connectivity index (χ2n) is 6.06. The van der Waals surface area contributed by atoms with Gasteiger partial charge in [-0.3, -0.25) is 0 Å². The highest BCUT2D eigenvalue weighted by Crippen LogP contribution is 2.24. The van der Waals surface area contributed by atoms with Crippen LogP contribution in [0, 0.1) is 0 Å². The molecule has 1 aliphatic carbocycles. The van der Waals surface area contributed by atoms with Crippen molar-refractivity contribution in [2.45, 2.75) is 71.5 Å². The lowest BCUT2D eigenvalue weighted by Gasteiger charge is -2.30. The van der Waals surface area contributed by atoms with Gasteiger partial charge in [0.05, 0.1) is 10.7 Å². The van der Waals surface area contributed by atoms with Gasteiger partial charge in [0, 0.05) is 25.2 Å². The summed E-state index contributed by atoms with van der Waals surface area (Å²) in [5.74, 6) is 1.06. The smallest absolute Gasteiger partial charge is 0.129 e. The van der Waals surface area contributed by atoms with E-state index in [1.807, 2.05) is 6.07 Å². The van der Waals surface area contributed by atoms with Crippen LogP contribution in [-0.2, 0) is 6.54 Å². The van der Waals surface area contributed by atoms with E-state index in [-0.39, 0.29) is 0 Å². The van der Waals surface area contributed by atoms with Crippen molar-refractivity contribution in [2.75, 3.05) is 11.4 Å². The topological polar surface area (TPSA) is 28.2 Å². The minimum atomic E-state index is 0.509. The summed E-state index contributed by atoms with van der Waals surface area (Å²) >= 11 is 6.30. The molecule has 0 aromatic carbocycles. The van der Waals surface area contributed by atoms with Gasteiger partial charge in [0.2, 0.25) is 0 Å². The predicted molar refractivity (Wildman–Crippen MR) is 91.1 cm³/mol. The Morgan fingerprint density at radius 1 is 1.38 bits per heavy atom. The van der Waals surface area contributed by atoms with E-state index in [1.165, 1.54) is 25.7 Å². The van der Waals surface area contributed by atoms with E-state index >= 15 is 0 Å². The molecule has 1 aromatic rings. The standard InChI is InChI=1S/C17H28ClN3/c1-4-6-11-21(13(3)5-2)17-10-9-15(18)16(20-17)12-19-14-7-8-14/h9-10,13-14,19H,4-8,11-12H2,1-3H3. The van der Waals surface area contributed by atoms with Crippen molar-refractivity contribution >= 4 is 17.4 Å². The van der Waals surface area contributed by atoms with Crippen LogP contribution in [0.5, 0.6) is 0 Å². The maximum absolute atomic E-state index is 6.30. The van der Waals surface area contributed by atoms with E-state index < -0.39 is 0 Å². The van der Waals surface area contributed by atoms with Gasteiger partial charge < -0.3 is 10.2 Å². The molecule has 1 heterocycles. The number of hydrogen-bond donors (Lipinski definition) is 1. The average molecular weight is 310 g/mol. The predicted octanol–water partition coefficient (Wildman–Crippen LogP) is 4.39. The molecular weight excluding hydrogens is 282 g/mol. The molecule has 0 amide bonds. The second kappa shape index (κ2) is 8.00. The Labute approximate surface area is 134 Å². The van der Waals surface area contributed by atoms with E-state index in [2.05, 4.69) is 37.1 Å². The first-order chi connectivity index (χ1) is 10.2. The molecule has 21 heavy (non-hydrogen) atoms.